The standard InChI is InChI=1S/C23H24ClF5N4O2S/c24-19-16(8-15(25)21(20(19)27)36(34,35)31-18-3-1-2-17(26)30-18)33-7-6-23(12-33)5-4-14(23)11-32-9-13(10-32)22(28)29/h1-3,8,13-14,22H,4-7,9-12H2,(H,30,31)/t14-,23+/m1/s1. The van der Waals surface area contributed by atoms with Crippen molar-refractivity contribution in [1.82, 2.24) is 9.88 Å². The zero-order chi connectivity index (χ0) is 25.8. The monoisotopic (exact) mass is 550 g/mol. The molecule has 0 bridgehead atoms. The Morgan fingerprint density at radius 2 is 1.94 bits per heavy atom. The zero-order valence-corrected chi connectivity index (χ0v) is 20.6. The number of anilines is 2. The number of alkyl halides is 2. The van der Waals surface area contributed by atoms with Crippen LogP contribution in [0.1, 0.15) is 19.3 Å². The lowest BCUT2D eigenvalue weighted by Gasteiger charge is -2.51. The van der Waals surface area contributed by atoms with Crippen LogP contribution in [-0.4, -0.2) is 57.5 Å². The lowest BCUT2D eigenvalue weighted by atomic mass is 9.59. The van der Waals surface area contributed by atoms with Gasteiger partial charge in [-0.15, -0.1) is 0 Å². The Kier molecular flexibility index (Phi) is 6.57. The summed E-state index contributed by atoms with van der Waals surface area (Å²) in [5.74, 6) is -4.47. The average Bonchev–Trinajstić information content (AvgIpc) is 3.21. The van der Waals surface area contributed by atoms with Gasteiger partial charge in [0.15, 0.2) is 10.7 Å². The van der Waals surface area contributed by atoms with Gasteiger partial charge < -0.3 is 9.80 Å². The molecular weight excluding hydrogens is 527 g/mol. The normalized spacial score (nSPS) is 24.9. The van der Waals surface area contributed by atoms with Crippen LogP contribution in [0.3, 0.4) is 0 Å². The summed E-state index contributed by atoms with van der Waals surface area (Å²) in [4.78, 5) is 5.84. The van der Waals surface area contributed by atoms with Crippen molar-refractivity contribution in [1.29, 1.82) is 0 Å². The Morgan fingerprint density at radius 3 is 2.58 bits per heavy atom. The Bertz CT molecular complexity index is 1280. The maximum Gasteiger partial charge on any atom is 0.268 e. The first-order valence-corrected chi connectivity index (χ1v) is 13.4. The van der Waals surface area contributed by atoms with E-state index in [1.165, 1.54) is 6.07 Å². The number of likely N-dealkylation sites (tertiary alicyclic amines) is 1. The predicted octanol–water partition coefficient (Wildman–Crippen LogP) is 4.76. The van der Waals surface area contributed by atoms with Gasteiger partial charge in [0.25, 0.3) is 10.0 Å². The summed E-state index contributed by atoms with van der Waals surface area (Å²) >= 11 is 6.21. The highest BCUT2D eigenvalue weighted by Gasteiger charge is 2.52. The van der Waals surface area contributed by atoms with Crippen LogP contribution in [0.2, 0.25) is 5.02 Å². The van der Waals surface area contributed by atoms with Gasteiger partial charge in [0, 0.05) is 44.7 Å². The number of aromatic nitrogens is 1. The lowest BCUT2D eigenvalue weighted by Crippen LogP contribution is -2.56. The second kappa shape index (κ2) is 9.29. The Labute approximate surface area is 210 Å². The van der Waals surface area contributed by atoms with Crippen LogP contribution in [0, 0.1) is 34.8 Å². The van der Waals surface area contributed by atoms with Gasteiger partial charge in [-0.25, -0.2) is 31.0 Å². The summed E-state index contributed by atoms with van der Waals surface area (Å²) in [5, 5.41) is -0.528. The first-order chi connectivity index (χ1) is 17.0. The van der Waals surface area contributed by atoms with E-state index >= 15 is 8.78 Å². The van der Waals surface area contributed by atoms with E-state index in [1.54, 1.807) is 4.90 Å². The van der Waals surface area contributed by atoms with Crippen molar-refractivity contribution in [2.24, 2.45) is 17.3 Å². The van der Waals surface area contributed by atoms with Crippen molar-refractivity contribution in [2.75, 3.05) is 42.3 Å². The maximum atomic E-state index is 15.2. The largest absolute Gasteiger partial charge is 0.370 e. The Hall–Kier alpha value is -2.18. The number of nitrogens with zero attached hydrogens (tertiary/aromatic N) is 3. The summed E-state index contributed by atoms with van der Waals surface area (Å²) in [6.07, 6.45) is 0.324. The molecule has 196 valence electrons. The molecule has 2 saturated heterocycles. The molecule has 36 heavy (non-hydrogen) atoms. The van der Waals surface area contributed by atoms with Gasteiger partial charge in [0.1, 0.15) is 16.7 Å². The molecule has 5 rings (SSSR count). The second-order valence-electron chi connectivity index (χ2n) is 9.87. The van der Waals surface area contributed by atoms with Crippen LogP contribution < -0.4 is 9.62 Å². The van der Waals surface area contributed by atoms with E-state index in [0.717, 1.165) is 37.5 Å². The highest BCUT2D eigenvalue weighted by atomic mass is 35.5. The molecule has 3 fully saturated rings. The topological polar surface area (TPSA) is 65.5 Å². The zero-order valence-electron chi connectivity index (χ0n) is 19.0. The third-order valence-corrected chi connectivity index (χ3v) is 9.47. The predicted molar refractivity (Wildman–Crippen MR) is 124 cm³/mol. The van der Waals surface area contributed by atoms with Crippen molar-refractivity contribution < 1.29 is 30.4 Å². The molecule has 1 N–H and O–H groups in total. The molecule has 2 aliphatic heterocycles. The van der Waals surface area contributed by atoms with E-state index in [1.807, 2.05) is 9.62 Å². The Balaban J connectivity index is 1.32. The number of halogens is 6. The molecule has 3 aliphatic rings. The fourth-order valence-corrected chi connectivity index (χ4v) is 7.08. The first kappa shape index (κ1) is 25.5. The number of nitrogens with one attached hydrogen (secondary N) is 1. The quantitative estimate of drug-likeness (QED) is 0.306. The van der Waals surface area contributed by atoms with Gasteiger partial charge >= 0.3 is 0 Å². The van der Waals surface area contributed by atoms with E-state index in [-0.39, 0.29) is 17.0 Å². The fourth-order valence-electron chi connectivity index (χ4n) is 5.61. The third-order valence-electron chi connectivity index (χ3n) is 7.72. The van der Waals surface area contributed by atoms with Crippen molar-refractivity contribution in [2.45, 2.75) is 30.6 Å². The smallest absolute Gasteiger partial charge is 0.268 e. The van der Waals surface area contributed by atoms with Gasteiger partial charge in [0.05, 0.1) is 5.69 Å². The molecule has 13 heteroatoms. The van der Waals surface area contributed by atoms with Gasteiger partial charge in [-0.2, -0.15) is 4.39 Å². The molecule has 2 atom stereocenters. The third kappa shape index (κ3) is 4.51. The van der Waals surface area contributed by atoms with Crippen LogP contribution in [-0.2, 0) is 10.0 Å². The van der Waals surface area contributed by atoms with E-state index in [4.69, 9.17) is 11.6 Å². The number of sulfonamides is 1. The summed E-state index contributed by atoms with van der Waals surface area (Å²) in [6, 6.07) is 4.22. The van der Waals surface area contributed by atoms with E-state index < -0.39 is 55.7 Å². The molecule has 1 saturated carbocycles. The van der Waals surface area contributed by atoms with Crippen LogP contribution >= 0.6 is 11.6 Å². The van der Waals surface area contributed by atoms with Gasteiger partial charge in [-0.3, -0.25) is 4.72 Å². The first-order valence-electron chi connectivity index (χ1n) is 11.6. The molecule has 1 spiro atoms. The highest BCUT2D eigenvalue weighted by Crippen LogP contribution is 2.55. The van der Waals surface area contributed by atoms with Crippen LogP contribution in [0.5, 0.6) is 0 Å². The Morgan fingerprint density at radius 1 is 1.19 bits per heavy atom. The molecule has 0 amide bonds. The van der Waals surface area contributed by atoms with Gasteiger partial charge in [-0.1, -0.05) is 17.7 Å². The molecule has 0 radical (unpaired) electrons. The number of benzene rings is 1. The summed E-state index contributed by atoms with van der Waals surface area (Å²) in [7, 11) is -4.79. The van der Waals surface area contributed by atoms with E-state index in [0.29, 0.717) is 32.7 Å². The minimum Gasteiger partial charge on any atom is -0.370 e. The molecule has 1 aromatic carbocycles. The number of rotatable bonds is 7. The van der Waals surface area contributed by atoms with E-state index in [9.17, 15) is 21.6 Å². The molecule has 2 aromatic rings. The minimum atomic E-state index is -4.79. The summed E-state index contributed by atoms with van der Waals surface area (Å²) in [5.41, 5.74) is -0.0413. The minimum absolute atomic E-state index is 0.0544. The SMILES string of the molecule is O=S(=O)(Nc1cccc(F)n1)c1c(F)cc(N2CC[C@@]3(CC[C@@H]3CN3CC(C(F)F)C3)C2)c(Cl)c1F. The lowest BCUT2D eigenvalue weighted by molar-refractivity contribution is -0.0588. The second-order valence-corrected chi connectivity index (χ2v) is 11.9. The summed E-state index contributed by atoms with van der Waals surface area (Å²) < 4.78 is 96.2. The fraction of sp³-hybridized carbons (Fsp3) is 0.522. The number of pyridine rings is 1. The molecule has 0 unspecified atom stereocenters. The van der Waals surface area contributed by atoms with Crippen LogP contribution in [0.4, 0.5) is 33.5 Å². The van der Waals surface area contributed by atoms with E-state index in [2.05, 4.69) is 4.98 Å². The van der Waals surface area contributed by atoms with Crippen molar-refractivity contribution in [3.05, 3.63) is 46.9 Å². The van der Waals surface area contributed by atoms with Gasteiger partial charge in [-0.05, 0) is 42.7 Å². The molecular formula is C23H24ClF5N4O2S. The van der Waals surface area contributed by atoms with Crippen molar-refractivity contribution in [3.63, 3.8) is 0 Å². The van der Waals surface area contributed by atoms with Gasteiger partial charge in [0.2, 0.25) is 12.4 Å². The summed E-state index contributed by atoms with van der Waals surface area (Å²) in [6.45, 7) is 2.44. The highest BCUT2D eigenvalue weighted by molar-refractivity contribution is 7.92. The molecule has 6 nitrogen and oxygen atoms in total. The molecule has 1 aliphatic carbocycles. The number of hydrogen-bond acceptors (Lipinski definition) is 5. The average molecular weight is 551 g/mol. The van der Waals surface area contributed by atoms with Crippen molar-refractivity contribution >= 4 is 33.1 Å². The van der Waals surface area contributed by atoms with Crippen molar-refractivity contribution in [3.8, 4) is 0 Å². The molecule has 3 heterocycles. The van der Waals surface area contributed by atoms with Crippen LogP contribution in [0.15, 0.2) is 29.2 Å². The molecule has 1 aromatic heterocycles. The maximum absolute atomic E-state index is 15.2. The van der Waals surface area contributed by atoms with Crippen LogP contribution in [0.25, 0.3) is 0 Å². The number of hydrogen-bond donors (Lipinski definition) is 1.